The number of fused-ring (bicyclic) bond motifs is 2. The fourth-order valence-electron chi connectivity index (χ4n) is 3.82. The molecule has 3 nitrogen and oxygen atoms in total. The fraction of sp³-hybridized carbons (Fsp3) is 1.00. The summed E-state index contributed by atoms with van der Waals surface area (Å²) < 4.78 is 0. The number of nitrogens with two attached hydrogens (primary N) is 1. The zero-order chi connectivity index (χ0) is 9.71. The largest absolute Gasteiger partial charge is 0.327 e. The Hall–Kier alpha value is -0.120. The molecule has 14 heavy (non-hydrogen) atoms. The van der Waals surface area contributed by atoms with Crippen LogP contribution in [0, 0.1) is 11.8 Å². The summed E-state index contributed by atoms with van der Waals surface area (Å²) >= 11 is 0. The smallest absolute Gasteiger partial charge is 0.0641 e. The van der Waals surface area contributed by atoms with Gasteiger partial charge in [-0.3, -0.25) is 10.2 Å². The molecule has 0 bridgehead atoms. The Morgan fingerprint density at radius 2 is 2.07 bits per heavy atom. The Labute approximate surface area is 86.0 Å². The lowest BCUT2D eigenvalue weighted by molar-refractivity contribution is 0.106. The molecule has 0 spiro atoms. The summed E-state index contributed by atoms with van der Waals surface area (Å²) in [6.07, 6.45) is 5.93. The normalized spacial score (nSPS) is 53.1. The molecule has 3 aliphatic rings. The molecule has 5 atom stereocenters. The van der Waals surface area contributed by atoms with E-state index in [4.69, 9.17) is 5.73 Å². The fourth-order valence-corrected chi connectivity index (χ4v) is 3.82. The summed E-state index contributed by atoms with van der Waals surface area (Å²) in [6, 6.07) is 1.17. The Kier molecular flexibility index (Phi) is 2.08. The zero-order valence-electron chi connectivity index (χ0n) is 8.95. The van der Waals surface area contributed by atoms with Crippen molar-refractivity contribution in [2.75, 3.05) is 13.6 Å². The van der Waals surface area contributed by atoms with Crippen LogP contribution in [-0.4, -0.2) is 36.7 Å². The molecule has 0 aromatic heterocycles. The van der Waals surface area contributed by atoms with Crippen LogP contribution in [0.15, 0.2) is 0 Å². The number of piperidine rings is 1. The summed E-state index contributed by atoms with van der Waals surface area (Å²) in [4.78, 5) is 2.44. The molecule has 0 aromatic rings. The Balaban J connectivity index is 1.83. The van der Waals surface area contributed by atoms with Crippen molar-refractivity contribution in [1.29, 1.82) is 0 Å². The number of likely N-dealkylation sites (tertiary alicyclic amines) is 1. The summed E-state index contributed by atoms with van der Waals surface area (Å²) in [5.74, 6) is 1.47. The lowest BCUT2D eigenvalue weighted by atomic mass is 9.80. The van der Waals surface area contributed by atoms with Crippen LogP contribution in [0.3, 0.4) is 0 Å². The predicted molar refractivity (Wildman–Crippen MR) is 56.8 cm³/mol. The third-order valence-corrected chi connectivity index (χ3v) is 4.64. The third-order valence-electron chi connectivity index (χ3n) is 4.64. The highest BCUT2D eigenvalue weighted by atomic mass is 15.3. The molecular weight excluding hydrogens is 174 g/mol. The highest BCUT2D eigenvalue weighted by Gasteiger charge is 2.47. The third kappa shape index (κ3) is 1.16. The van der Waals surface area contributed by atoms with Crippen LogP contribution in [0.2, 0.25) is 0 Å². The average molecular weight is 195 g/mol. The van der Waals surface area contributed by atoms with Crippen LogP contribution in [-0.2, 0) is 0 Å². The minimum Gasteiger partial charge on any atom is -0.327 e. The molecule has 3 heteroatoms. The van der Waals surface area contributed by atoms with E-state index in [1.807, 2.05) is 0 Å². The number of hydrogen-bond acceptors (Lipinski definition) is 3. The first-order valence-electron chi connectivity index (χ1n) is 5.99. The Bertz CT molecular complexity index is 231. The maximum Gasteiger partial charge on any atom is 0.0641 e. The van der Waals surface area contributed by atoms with Gasteiger partial charge < -0.3 is 5.73 Å². The molecule has 2 aliphatic heterocycles. The van der Waals surface area contributed by atoms with Crippen molar-refractivity contribution in [3.8, 4) is 0 Å². The molecule has 5 unspecified atom stereocenters. The Morgan fingerprint density at radius 3 is 2.93 bits per heavy atom. The van der Waals surface area contributed by atoms with Gasteiger partial charge in [0.25, 0.3) is 0 Å². The van der Waals surface area contributed by atoms with Crippen LogP contribution in [0.4, 0.5) is 0 Å². The summed E-state index contributed by atoms with van der Waals surface area (Å²) in [6.45, 7) is 1.22. The van der Waals surface area contributed by atoms with Gasteiger partial charge in [-0.25, -0.2) is 0 Å². The van der Waals surface area contributed by atoms with Crippen LogP contribution < -0.4 is 11.1 Å². The maximum atomic E-state index is 6.40. The minimum atomic E-state index is 0.457. The highest BCUT2D eigenvalue weighted by molar-refractivity contribution is 5.03. The molecule has 3 fully saturated rings. The van der Waals surface area contributed by atoms with E-state index < -0.39 is 0 Å². The van der Waals surface area contributed by atoms with E-state index in [1.165, 1.54) is 32.2 Å². The number of nitrogens with zero attached hydrogens (tertiary/aromatic N) is 1. The number of rotatable bonds is 0. The summed E-state index contributed by atoms with van der Waals surface area (Å²) in [5, 5.41) is 3.80. The minimum absolute atomic E-state index is 0.457. The first-order chi connectivity index (χ1) is 6.77. The lowest BCUT2D eigenvalue weighted by Gasteiger charge is -2.43. The molecule has 3 rings (SSSR count). The van der Waals surface area contributed by atoms with Crippen LogP contribution in [0.25, 0.3) is 0 Å². The average Bonchev–Trinajstić information content (AvgIpc) is 2.75. The topological polar surface area (TPSA) is 41.3 Å². The second-order valence-electron chi connectivity index (χ2n) is 5.32. The van der Waals surface area contributed by atoms with Gasteiger partial charge in [0, 0.05) is 18.0 Å². The quantitative estimate of drug-likeness (QED) is 0.586. The van der Waals surface area contributed by atoms with Gasteiger partial charge in [0.2, 0.25) is 0 Å². The van der Waals surface area contributed by atoms with Crippen molar-refractivity contribution in [3.63, 3.8) is 0 Å². The van der Waals surface area contributed by atoms with E-state index in [2.05, 4.69) is 17.3 Å². The van der Waals surface area contributed by atoms with E-state index in [0.29, 0.717) is 24.2 Å². The molecule has 0 aromatic carbocycles. The van der Waals surface area contributed by atoms with Gasteiger partial charge in [0.15, 0.2) is 0 Å². The molecular formula is C11H21N3. The molecule has 1 saturated carbocycles. The van der Waals surface area contributed by atoms with Crippen molar-refractivity contribution in [2.45, 2.75) is 43.9 Å². The van der Waals surface area contributed by atoms with E-state index in [0.717, 1.165) is 5.92 Å². The number of nitrogens with one attached hydrogen (secondary N) is 1. The SMILES string of the molecule is CN1CCC2C(N)C3CCCC3NC21. The molecule has 0 amide bonds. The van der Waals surface area contributed by atoms with E-state index in [9.17, 15) is 0 Å². The highest BCUT2D eigenvalue weighted by Crippen LogP contribution is 2.39. The summed E-state index contributed by atoms with van der Waals surface area (Å²) in [7, 11) is 2.22. The monoisotopic (exact) mass is 195 g/mol. The second kappa shape index (κ2) is 3.19. The van der Waals surface area contributed by atoms with Crippen molar-refractivity contribution in [3.05, 3.63) is 0 Å². The molecule has 0 radical (unpaired) electrons. The van der Waals surface area contributed by atoms with Crippen LogP contribution >= 0.6 is 0 Å². The standard InChI is InChI=1S/C11H21N3/c1-14-6-5-8-10(12)7-3-2-4-9(7)13-11(8)14/h7-11,13H,2-6,12H2,1H3. The molecule has 2 saturated heterocycles. The van der Waals surface area contributed by atoms with Crippen LogP contribution in [0.1, 0.15) is 25.7 Å². The molecule has 2 heterocycles. The van der Waals surface area contributed by atoms with E-state index in [-0.39, 0.29) is 0 Å². The number of hydrogen-bond donors (Lipinski definition) is 2. The van der Waals surface area contributed by atoms with Crippen LogP contribution in [0.5, 0.6) is 0 Å². The van der Waals surface area contributed by atoms with Gasteiger partial charge in [-0.1, -0.05) is 6.42 Å². The van der Waals surface area contributed by atoms with E-state index >= 15 is 0 Å². The van der Waals surface area contributed by atoms with Gasteiger partial charge in [-0.2, -0.15) is 0 Å². The van der Waals surface area contributed by atoms with E-state index in [1.54, 1.807) is 0 Å². The predicted octanol–water partition coefficient (Wildman–Crippen LogP) is 0.363. The summed E-state index contributed by atoms with van der Waals surface area (Å²) in [5.41, 5.74) is 6.40. The van der Waals surface area contributed by atoms with Gasteiger partial charge in [-0.15, -0.1) is 0 Å². The van der Waals surface area contributed by atoms with Gasteiger partial charge in [0.1, 0.15) is 0 Å². The van der Waals surface area contributed by atoms with Crippen molar-refractivity contribution in [2.24, 2.45) is 17.6 Å². The lowest BCUT2D eigenvalue weighted by Crippen LogP contribution is -2.61. The van der Waals surface area contributed by atoms with Crippen molar-refractivity contribution in [1.82, 2.24) is 10.2 Å². The van der Waals surface area contributed by atoms with Gasteiger partial charge >= 0.3 is 0 Å². The molecule has 1 aliphatic carbocycles. The first kappa shape index (κ1) is 9.13. The second-order valence-corrected chi connectivity index (χ2v) is 5.32. The molecule has 80 valence electrons. The van der Waals surface area contributed by atoms with Gasteiger partial charge in [0.05, 0.1) is 6.17 Å². The van der Waals surface area contributed by atoms with Crippen molar-refractivity contribution < 1.29 is 0 Å². The Morgan fingerprint density at radius 1 is 1.21 bits per heavy atom. The molecule has 3 N–H and O–H groups in total. The zero-order valence-corrected chi connectivity index (χ0v) is 8.95. The van der Waals surface area contributed by atoms with Gasteiger partial charge in [-0.05, 0) is 38.8 Å². The van der Waals surface area contributed by atoms with Crippen molar-refractivity contribution >= 4 is 0 Å². The maximum absolute atomic E-state index is 6.40. The first-order valence-corrected chi connectivity index (χ1v) is 5.99.